The van der Waals surface area contributed by atoms with Gasteiger partial charge in [-0.05, 0) is 69.7 Å². The number of hydrogen-bond acceptors (Lipinski definition) is 2. The van der Waals surface area contributed by atoms with E-state index in [4.69, 9.17) is 0 Å². The number of nitrogens with zero attached hydrogens (tertiary/aromatic N) is 1. The fourth-order valence-electron chi connectivity index (χ4n) is 4.86. The van der Waals surface area contributed by atoms with E-state index in [1.54, 1.807) is 6.07 Å². The first-order valence-electron chi connectivity index (χ1n) is 11.5. The summed E-state index contributed by atoms with van der Waals surface area (Å²) in [5, 5.41) is 11.6. The zero-order valence-electron chi connectivity index (χ0n) is 19.7. The van der Waals surface area contributed by atoms with Crippen molar-refractivity contribution in [3.05, 3.63) is 118 Å². The van der Waals surface area contributed by atoms with Crippen LogP contribution in [0.3, 0.4) is 0 Å². The number of rotatable bonds is 4. The van der Waals surface area contributed by atoms with Crippen molar-refractivity contribution in [1.82, 2.24) is 4.98 Å². The maximum Gasteiger partial charge on any atom is 0.335 e. The van der Waals surface area contributed by atoms with E-state index in [2.05, 4.69) is 67.4 Å². The monoisotopic (exact) mass is 445 g/mol. The van der Waals surface area contributed by atoms with Crippen LogP contribution in [0.2, 0.25) is 0 Å². The standard InChI is InChI=1S/C31H27NO2/c1-20-16-21(10-12-24(20)30(33)34)8-9-22-11-13-29-27(17-22)26(14-15-31(29,2)3)28-19-32-18-23-6-4-5-7-25(23)28/h4-14,16-19H,15H2,1-3H3,(H,33,34). The zero-order chi connectivity index (χ0) is 23.9. The minimum absolute atomic E-state index is 0.0584. The maximum atomic E-state index is 11.3. The van der Waals surface area contributed by atoms with Gasteiger partial charge < -0.3 is 5.11 Å². The molecule has 3 nitrogen and oxygen atoms in total. The van der Waals surface area contributed by atoms with E-state index in [-0.39, 0.29) is 5.41 Å². The average molecular weight is 446 g/mol. The Kier molecular flexibility index (Phi) is 5.41. The quantitative estimate of drug-likeness (QED) is 0.330. The fraction of sp³-hybridized carbons (Fsp3) is 0.161. The number of carbonyl (C=O) groups is 1. The number of aromatic carboxylic acids is 1. The van der Waals surface area contributed by atoms with E-state index in [0.717, 1.165) is 34.1 Å². The van der Waals surface area contributed by atoms with Gasteiger partial charge in [0.1, 0.15) is 0 Å². The summed E-state index contributed by atoms with van der Waals surface area (Å²) in [6, 6.07) is 20.5. The summed E-state index contributed by atoms with van der Waals surface area (Å²) in [4.78, 5) is 15.8. The summed E-state index contributed by atoms with van der Waals surface area (Å²) in [6.07, 6.45) is 11.4. The maximum absolute atomic E-state index is 11.3. The van der Waals surface area contributed by atoms with Crippen molar-refractivity contribution in [2.45, 2.75) is 32.6 Å². The predicted molar refractivity (Wildman–Crippen MR) is 140 cm³/mol. The SMILES string of the molecule is Cc1cc(C=Cc2ccc3c(c2)C(c2cncc4ccccc24)=CCC3(C)C)ccc1C(=O)O. The van der Waals surface area contributed by atoms with Gasteiger partial charge in [0.15, 0.2) is 0 Å². The van der Waals surface area contributed by atoms with Gasteiger partial charge in [-0.2, -0.15) is 0 Å². The minimum atomic E-state index is -0.896. The molecule has 0 amide bonds. The Bertz CT molecular complexity index is 1490. The highest BCUT2D eigenvalue weighted by Crippen LogP contribution is 2.43. The molecule has 0 aliphatic heterocycles. The van der Waals surface area contributed by atoms with Gasteiger partial charge in [0.05, 0.1) is 5.56 Å². The van der Waals surface area contributed by atoms with Crippen molar-refractivity contribution in [3.63, 3.8) is 0 Å². The highest BCUT2D eigenvalue weighted by Gasteiger charge is 2.29. The van der Waals surface area contributed by atoms with E-state index in [1.165, 1.54) is 22.1 Å². The molecule has 0 atom stereocenters. The van der Waals surface area contributed by atoms with E-state index in [9.17, 15) is 9.90 Å². The van der Waals surface area contributed by atoms with Crippen molar-refractivity contribution >= 4 is 34.5 Å². The average Bonchev–Trinajstić information content (AvgIpc) is 2.82. The van der Waals surface area contributed by atoms with Crippen LogP contribution in [0.15, 0.2) is 79.1 Å². The number of aryl methyl sites for hydroxylation is 1. The summed E-state index contributed by atoms with van der Waals surface area (Å²) < 4.78 is 0. The van der Waals surface area contributed by atoms with Gasteiger partial charge in [-0.1, -0.05) is 80.6 Å². The molecule has 0 unspecified atom stereocenters. The first kappa shape index (κ1) is 21.8. The highest BCUT2D eigenvalue weighted by atomic mass is 16.4. The third kappa shape index (κ3) is 3.94. The van der Waals surface area contributed by atoms with E-state index in [1.807, 2.05) is 43.6 Å². The van der Waals surface area contributed by atoms with Crippen LogP contribution in [0.4, 0.5) is 0 Å². The van der Waals surface area contributed by atoms with Gasteiger partial charge in [0, 0.05) is 23.3 Å². The smallest absolute Gasteiger partial charge is 0.335 e. The number of hydrogen-bond donors (Lipinski definition) is 1. The molecule has 0 spiro atoms. The second-order valence-electron chi connectivity index (χ2n) is 9.63. The Balaban J connectivity index is 1.57. The Morgan fingerprint density at radius 3 is 2.44 bits per heavy atom. The van der Waals surface area contributed by atoms with Crippen molar-refractivity contribution in [1.29, 1.82) is 0 Å². The summed E-state index contributed by atoms with van der Waals surface area (Å²) in [5.74, 6) is -0.896. The third-order valence-electron chi connectivity index (χ3n) is 6.79. The van der Waals surface area contributed by atoms with E-state index < -0.39 is 5.97 Å². The molecule has 0 saturated heterocycles. The molecule has 34 heavy (non-hydrogen) atoms. The third-order valence-corrected chi connectivity index (χ3v) is 6.79. The lowest BCUT2D eigenvalue weighted by molar-refractivity contribution is 0.0696. The minimum Gasteiger partial charge on any atom is -0.478 e. The van der Waals surface area contributed by atoms with Gasteiger partial charge in [0.2, 0.25) is 0 Å². The molecule has 5 rings (SSSR count). The molecule has 0 saturated carbocycles. The van der Waals surface area contributed by atoms with Crippen LogP contribution in [0.25, 0.3) is 28.5 Å². The van der Waals surface area contributed by atoms with Gasteiger partial charge in [0.25, 0.3) is 0 Å². The highest BCUT2D eigenvalue weighted by molar-refractivity contribution is 5.98. The Labute approximate surface area is 200 Å². The van der Waals surface area contributed by atoms with Gasteiger partial charge >= 0.3 is 5.97 Å². The number of aromatic nitrogens is 1. The molecular weight excluding hydrogens is 418 g/mol. The topological polar surface area (TPSA) is 50.2 Å². The van der Waals surface area contributed by atoms with Crippen LogP contribution in [0.1, 0.15) is 64.0 Å². The van der Waals surface area contributed by atoms with Crippen LogP contribution in [-0.2, 0) is 5.41 Å². The Morgan fingerprint density at radius 1 is 0.941 bits per heavy atom. The second-order valence-corrected chi connectivity index (χ2v) is 9.63. The lowest BCUT2D eigenvalue weighted by atomic mass is 9.71. The molecule has 3 heteroatoms. The van der Waals surface area contributed by atoms with Gasteiger partial charge in [-0.15, -0.1) is 0 Å². The largest absolute Gasteiger partial charge is 0.478 e. The lowest BCUT2D eigenvalue weighted by Crippen LogP contribution is -2.22. The van der Waals surface area contributed by atoms with Gasteiger partial charge in [-0.25, -0.2) is 4.79 Å². The first-order valence-corrected chi connectivity index (χ1v) is 11.5. The molecule has 1 aromatic heterocycles. The van der Waals surface area contributed by atoms with Crippen molar-refractivity contribution < 1.29 is 9.90 Å². The van der Waals surface area contributed by atoms with Crippen LogP contribution >= 0.6 is 0 Å². The number of allylic oxidation sites excluding steroid dienone is 1. The molecule has 1 aliphatic carbocycles. The predicted octanol–water partition coefficient (Wildman–Crippen LogP) is 7.52. The molecule has 1 N–H and O–H groups in total. The van der Waals surface area contributed by atoms with Crippen LogP contribution in [0.5, 0.6) is 0 Å². The fourth-order valence-corrected chi connectivity index (χ4v) is 4.86. The van der Waals surface area contributed by atoms with Crippen LogP contribution in [-0.4, -0.2) is 16.1 Å². The molecule has 1 heterocycles. The Hall–Kier alpha value is -3.98. The molecule has 0 bridgehead atoms. The van der Waals surface area contributed by atoms with Gasteiger partial charge in [-0.3, -0.25) is 4.98 Å². The van der Waals surface area contributed by atoms with Crippen LogP contribution in [0, 0.1) is 6.92 Å². The number of carboxylic acid groups (broad SMARTS) is 1. The summed E-state index contributed by atoms with van der Waals surface area (Å²) in [6.45, 7) is 6.42. The van der Waals surface area contributed by atoms with E-state index in [0.29, 0.717) is 5.56 Å². The second kappa shape index (κ2) is 8.42. The summed E-state index contributed by atoms with van der Waals surface area (Å²) in [7, 11) is 0. The molecule has 1 aliphatic rings. The molecule has 4 aromatic rings. The molecule has 0 fully saturated rings. The van der Waals surface area contributed by atoms with E-state index >= 15 is 0 Å². The van der Waals surface area contributed by atoms with Crippen molar-refractivity contribution in [3.8, 4) is 0 Å². The molecule has 168 valence electrons. The number of pyridine rings is 1. The Morgan fingerprint density at radius 2 is 1.68 bits per heavy atom. The molecule has 0 radical (unpaired) electrons. The number of fused-ring (bicyclic) bond motifs is 2. The number of benzene rings is 3. The first-order chi connectivity index (χ1) is 16.3. The van der Waals surface area contributed by atoms with Crippen molar-refractivity contribution in [2.24, 2.45) is 0 Å². The molecular formula is C31H27NO2. The molecule has 3 aromatic carbocycles. The summed E-state index contributed by atoms with van der Waals surface area (Å²) >= 11 is 0. The zero-order valence-corrected chi connectivity index (χ0v) is 19.7. The lowest BCUT2D eigenvalue weighted by Gasteiger charge is -2.32. The van der Waals surface area contributed by atoms with Crippen molar-refractivity contribution in [2.75, 3.05) is 0 Å². The summed E-state index contributed by atoms with van der Waals surface area (Å²) in [5.41, 5.74) is 8.23. The van der Waals surface area contributed by atoms with Crippen LogP contribution < -0.4 is 0 Å². The number of carboxylic acids is 1. The normalized spacial score (nSPS) is 14.7.